The highest BCUT2D eigenvalue weighted by Gasteiger charge is 2.27. The Labute approximate surface area is 162 Å². The van der Waals surface area contributed by atoms with E-state index < -0.39 is 10.0 Å². The van der Waals surface area contributed by atoms with Gasteiger partial charge in [-0.3, -0.25) is 9.69 Å². The average Bonchev–Trinajstić information content (AvgIpc) is 3.25. The van der Waals surface area contributed by atoms with Crippen LogP contribution >= 0.6 is 11.3 Å². The Morgan fingerprint density at radius 1 is 1.22 bits per heavy atom. The summed E-state index contributed by atoms with van der Waals surface area (Å²) in [6.07, 6.45) is 1.48. The van der Waals surface area contributed by atoms with Crippen molar-refractivity contribution in [1.82, 2.24) is 13.9 Å². The SMILES string of the molecule is CCN(CC)S(=O)(=O)c1cc(C(=O)N(C)c2nc3ccccc3s2)n(C)c1. The van der Waals surface area contributed by atoms with E-state index in [1.54, 1.807) is 32.5 Å². The van der Waals surface area contributed by atoms with E-state index in [-0.39, 0.29) is 10.8 Å². The monoisotopic (exact) mass is 406 g/mol. The van der Waals surface area contributed by atoms with Crippen LogP contribution in [0, 0.1) is 0 Å². The lowest BCUT2D eigenvalue weighted by Crippen LogP contribution is -2.30. The Kier molecular flexibility index (Phi) is 5.36. The van der Waals surface area contributed by atoms with Crippen molar-refractivity contribution in [3.05, 3.63) is 42.2 Å². The number of carbonyl (C=O) groups excluding carboxylic acids is 1. The Morgan fingerprint density at radius 3 is 2.52 bits per heavy atom. The van der Waals surface area contributed by atoms with E-state index in [1.165, 1.54) is 32.8 Å². The van der Waals surface area contributed by atoms with Crippen LogP contribution in [-0.2, 0) is 17.1 Å². The largest absolute Gasteiger partial charge is 0.345 e. The first kappa shape index (κ1) is 19.5. The quantitative estimate of drug-likeness (QED) is 0.631. The number of hydrogen-bond acceptors (Lipinski definition) is 5. The summed E-state index contributed by atoms with van der Waals surface area (Å²) in [6, 6.07) is 9.10. The second-order valence-corrected chi connectivity index (χ2v) is 9.04. The molecule has 0 aliphatic rings. The van der Waals surface area contributed by atoms with E-state index in [9.17, 15) is 13.2 Å². The summed E-state index contributed by atoms with van der Waals surface area (Å²) >= 11 is 1.42. The third kappa shape index (κ3) is 3.50. The summed E-state index contributed by atoms with van der Waals surface area (Å²) in [5.74, 6) is -0.308. The van der Waals surface area contributed by atoms with Crippen molar-refractivity contribution >= 4 is 42.6 Å². The van der Waals surface area contributed by atoms with E-state index >= 15 is 0 Å². The van der Waals surface area contributed by atoms with Gasteiger partial charge in [0, 0.05) is 33.4 Å². The van der Waals surface area contributed by atoms with Crippen molar-refractivity contribution in [3.8, 4) is 0 Å². The molecule has 0 radical (unpaired) electrons. The Hall–Kier alpha value is -2.23. The highest BCUT2D eigenvalue weighted by molar-refractivity contribution is 7.89. The van der Waals surface area contributed by atoms with E-state index in [1.807, 2.05) is 24.3 Å². The number of amides is 1. The molecule has 0 aliphatic heterocycles. The van der Waals surface area contributed by atoms with Crippen molar-refractivity contribution in [2.45, 2.75) is 18.7 Å². The zero-order valence-electron chi connectivity index (χ0n) is 15.7. The standard InChI is InChI=1S/C18H22N4O3S2/c1-5-22(6-2)27(24,25)13-11-15(20(3)12-13)17(23)21(4)18-19-14-9-7-8-10-16(14)26-18/h7-12H,5-6H2,1-4H3. The molecule has 0 spiro atoms. The van der Waals surface area contributed by atoms with Crippen LogP contribution < -0.4 is 4.90 Å². The number of benzene rings is 1. The van der Waals surface area contributed by atoms with E-state index in [2.05, 4.69) is 4.98 Å². The second-order valence-electron chi connectivity index (χ2n) is 6.09. The Balaban J connectivity index is 1.94. The maximum absolute atomic E-state index is 13.0. The second kappa shape index (κ2) is 7.41. The van der Waals surface area contributed by atoms with Crippen molar-refractivity contribution in [1.29, 1.82) is 0 Å². The summed E-state index contributed by atoms with van der Waals surface area (Å²) in [5, 5.41) is 0.565. The number of rotatable bonds is 6. The lowest BCUT2D eigenvalue weighted by atomic mass is 10.3. The number of sulfonamides is 1. The summed E-state index contributed by atoms with van der Waals surface area (Å²) < 4.78 is 29.3. The summed E-state index contributed by atoms with van der Waals surface area (Å²) in [4.78, 5) is 19.0. The molecule has 2 aromatic heterocycles. The lowest BCUT2D eigenvalue weighted by Gasteiger charge is -2.17. The number of fused-ring (bicyclic) bond motifs is 1. The Bertz CT molecular complexity index is 1050. The normalized spacial score (nSPS) is 12.0. The van der Waals surface area contributed by atoms with Crippen LogP contribution in [0.2, 0.25) is 0 Å². The van der Waals surface area contributed by atoms with Gasteiger partial charge < -0.3 is 4.57 Å². The summed E-state index contributed by atoms with van der Waals surface area (Å²) in [7, 11) is -0.307. The molecule has 2 heterocycles. The zero-order chi connectivity index (χ0) is 19.8. The average molecular weight is 407 g/mol. The van der Waals surface area contributed by atoms with Gasteiger partial charge in [0.05, 0.1) is 10.2 Å². The lowest BCUT2D eigenvalue weighted by molar-refractivity contribution is 0.0985. The van der Waals surface area contributed by atoms with Gasteiger partial charge in [-0.05, 0) is 18.2 Å². The van der Waals surface area contributed by atoms with Crippen molar-refractivity contribution < 1.29 is 13.2 Å². The molecule has 0 saturated carbocycles. The molecule has 3 rings (SSSR count). The number of nitrogens with zero attached hydrogens (tertiary/aromatic N) is 4. The van der Waals surface area contributed by atoms with Gasteiger partial charge in [-0.2, -0.15) is 4.31 Å². The number of thiazole rings is 1. The molecular weight excluding hydrogens is 384 g/mol. The van der Waals surface area contributed by atoms with Gasteiger partial charge in [-0.15, -0.1) is 0 Å². The molecule has 144 valence electrons. The highest BCUT2D eigenvalue weighted by Crippen LogP contribution is 2.29. The van der Waals surface area contributed by atoms with Crippen LogP contribution in [0.15, 0.2) is 41.4 Å². The molecule has 0 bridgehead atoms. The molecule has 7 nitrogen and oxygen atoms in total. The molecule has 0 atom stereocenters. The first-order valence-corrected chi connectivity index (χ1v) is 10.8. The van der Waals surface area contributed by atoms with E-state index in [0.29, 0.717) is 23.9 Å². The van der Waals surface area contributed by atoms with Crippen LogP contribution in [0.5, 0.6) is 0 Å². The molecule has 0 unspecified atom stereocenters. The minimum Gasteiger partial charge on any atom is -0.345 e. The van der Waals surface area contributed by atoms with Crippen LogP contribution in [0.3, 0.4) is 0 Å². The number of anilines is 1. The minimum absolute atomic E-state index is 0.120. The number of carbonyl (C=O) groups is 1. The fraction of sp³-hybridized carbons (Fsp3) is 0.333. The van der Waals surface area contributed by atoms with E-state index in [0.717, 1.165) is 10.2 Å². The molecule has 3 aromatic rings. The number of aromatic nitrogens is 2. The highest BCUT2D eigenvalue weighted by atomic mass is 32.2. The Morgan fingerprint density at radius 2 is 1.89 bits per heavy atom. The minimum atomic E-state index is -3.62. The molecule has 0 saturated heterocycles. The van der Waals surface area contributed by atoms with Gasteiger partial charge in [-0.25, -0.2) is 13.4 Å². The fourth-order valence-electron chi connectivity index (χ4n) is 2.86. The molecule has 9 heteroatoms. The summed E-state index contributed by atoms with van der Waals surface area (Å²) in [5.41, 5.74) is 1.12. The summed E-state index contributed by atoms with van der Waals surface area (Å²) in [6.45, 7) is 4.33. The maximum atomic E-state index is 13.0. The number of para-hydroxylation sites is 1. The van der Waals surface area contributed by atoms with Crippen molar-refractivity contribution in [3.63, 3.8) is 0 Å². The van der Waals surface area contributed by atoms with Crippen LogP contribution in [-0.4, -0.2) is 48.3 Å². The number of hydrogen-bond donors (Lipinski definition) is 0. The van der Waals surface area contributed by atoms with Gasteiger partial charge in [-0.1, -0.05) is 37.3 Å². The smallest absolute Gasteiger partial charge is 0.276 e. The molecule has 1 amide bonds. The van der Waals surface area contributed by atoms with Crippen molar-refractivity contribution in [2.24, 2.45) is 7.05 Å². The van der Waals surface area contributed by atoms with Gasteiger partial charge >= 0.3 is 0 Å². The third-order valence-corrected chi connectivity index (χ3v) is 7.54. The fourth-order valence-corrected chi connectivity index (χ4v) is 5.32. The molecule has 27 heavy (non-hydrogen) atoms. The van der Waals surface area contributed by atoms with E-state index in [4.69, 9.17) is 0 Å². The van der Waals surface area contributed by atoms with Crippen LogP contribution in [0.1, 0.15) is 24.3 Å². The molecular formula is C18H22N4O3S2. The van der Waals surface area contributed by atoms with Crippen LogP contribution in [0.4, 0.5) is 5.13 Å². The van der Waals surface area contributed by atoms with Gasteiger partial charge in [0.1, 0.15) is 10.6 Å². The molecule has 0 fully saturated rings. The topological polar surface area (TPSA) is 75.5 Å². The first-order chi connectivity index (χ1) is 12.8. The molecule has 0 N–H and O–H groups in total. The third-order valence-electron chi connectivity index (χ3n) is 4.42. The molecule has 0 aliphatic carbocycles. The van der Waals surface area contributed by atoms with Crippen LogP contribution in [0.25, 0.3) is 10.2 Å². The van der Waals surface area contributed by atoms with Gasteiger partial charge in [0.25, 0.3) is 5.91 Å². The van der Waals surface area contributed by atoms with Gasteiger partial charge in [0.15, 0.2) is 5.13 Å². The predicted octanol–water partition coefficient (Wildman–Crippen LogP) is 2.94. The van der Waals surface area contributed by atoms with Gasteiger partial charge in [0.2, 0.25) is 10.0 Å². The first-order valence-electron chi connectivity index (χ1n) is 8.59. The zero-order valence-corrected chi connectivity index (χ0v) is 17.3. The molecule has 1 aromatic carbocycles. The predicted molar refractivity (Wildman–Crippen MR) is 108 cm³/mol. The maximum Gasteiger partial charge on any atom is 0.276 e. The number of aryl methyl sites for hydroxylation is 1. The van der Waals surface area contributed by atoms with Crippen molar-refractivity contribution in [2.75, 3.05) is 25.0 Å².